The van der Waals surface area contributed by atoms with Gasteiger partial charge in [0.1, 0.15) is 0 Å². The summed E-state index contributed by atoms with van der Waals surface area (Å²) in [5.41, 5.74) is 6.13. The second kappa shape index (κ2) is 5.30. The standard InChI is InChI=1S/C17H22ClN/c1-12-7-8-19(11-13(12)2)17-6-4-14-3-5-16(18)9-15(14)10-17/h3,5,9,17H,4,6-8,10-11H2,1-2H3. The van der Waals surface area contributed by atoms with E-state index in [1.165, 1.54) is 43.4 Å². The first kappa shape index (κ1) is 13.2. The lowest BCUT2D eigenvalue weighted by molar-refractivity contribution is 0.187. The van der Waals surface area contributed by atoms with Crippen LogP contribution in [0.4, 0.5) is 0 Å². The highest BCUT2D eigenvalue weighted by Gasteiger charge is 2.26. The molecule has 0 saturated carbocycles. The Morgan fingerprint density at radius 1 is 1.11 bits per heavy atom. The third-order valence-electron chi connectivity index (χ3n) is 4.83. The van der Waals surface area contributed by atoms with Crippen molar-refractivity contribution < 1.29 is 0 Å². The van der Waals surface area contributed by atoms with Gasteiger partial charge < -0.3 is 0 Å². The van der Waals surface area contributed by atoms with Crippen molar-refractivity contribution >= 4 is 11.6 Å². The number of nitrogens with zero attached hydrogens (tertiary/aromatic N) is 1. The number of aryl methyl sites for hydroxylation is 1. The summed E-state index contributed by atoms with van der Waals surface area (Å²) in [6.07, 6.45) is 4.91. The first-order valence-electron chi connectivity index (χ1n) is 7.30. The molecule has 0 spiro atoms. The van der Waals surface area contributed by atoms with Gasteiger partial charge in [-0.15, -0.1) is 0 Å². The molecule has 19 heavy (non-hydrogen) atoms. The molecule has 0 amide bonds. The second-order valence-corrected chi connectivity index (χ2v) is 6.53. The number of halogens is 1. The van der Waals surface area contributed by atoms with Crippen molar-refractivity contribution in [2.24, 2.45) is 0 Å². The van der Waals surface area contributed by atoms with Crippen LogP contribution in [-0.2, 0) is 12.8 Å². The summed E-state index contributed by atoms with van der Waals surface area (Å²) in [7, 11) is 0. The Balaban J connectivity index is 1.75. The molecule has 0 aromatic heterocycles. The summed E-state index contributed by atoms with van der Waals surface area (Å²) in [5.74, 6) is 0. The van der Waals surface area contributed by atoms with Crippen molar-refractivity contribution in [1.29, 1.82) is 0 Å². The minimum absolute atomic E-state index is 0.703. The summed E-state index contributed by atoms with van der Waals surface area (Å²) in [6.45, 7) is 6.95. The van der Waals surface area contributed by atoms with Gasteiger partial charge in [-0.3, -0.25) is 4.90 Å². The first-order valence-corrected chi connectivity index (χ1v) is 7.68. The smallest absolute Gasteiger partial charge is 0.0408 e. The molecule has 102 valence electrons. The Morgan fingerprint density at radius 2 is 1.95 bits per heavy atom. The molecule has 1 aromatic rings. The summed E-state index contributed by atoms with van der Waals surface area (Å²) < 4.78 is 0. The van der Waals surface area contributed by atoms with E-state index < -0.39 is 0 Å². The topological polar surface area (TPSA) is 3.24 Å². The van der Waals surface area contributed by atoms with Crippen LogP contribution in [0, 0.1) is 0 Å². The highest BCUT2D eigenvalue weighted by Crippen LogP contribution is 2.29. The fourth-order valence-corrected chi connectivity index (χ4v) is 3.57. The molecule has 1 atom stereocenters. The van der Waals surface area contributed by atoms with Crippen LogP contribution in [0.25, 0.3) is 0 Å². The van der Waals surface area contributed by atoms with Crippen molar-refractivity contribution in [3.05, 3.63) is 45.5 Å². The number of rotatable bonds is 1. The van der Waals surface area contributed by atoms with E-state index in [9.17, 15) is 0 Å². The lowest BCUT2D eigenvalue weighted by Gasteiger charge is -2.38. The molecule has 0 bridgehead atoms. The van der Waals surface area contributed by atoms with E-state index >= 15 is 0 Å². The second-order valence-electron chi connectivity index (χ2n) is 6.09. The van der Waals surface area contributed by atoms with Crippen LogP contribution >= 0.6 is 11.6 Å². The molecule has 0 radical (unpaired) electrons. The lowest BCUT2D eigenvalue weighted by atomic mass is 9.86. The SMILES string of the molecule is CC1=C(C)CN(C2CCc3ccc(Cl)cc3C2)CC1. The maximum absolute atomic E-state index is 6.13. The third kappa shape index (κ3) is 2.73. The third-order valence-corrected chi connectivity index (χ3v) is 5.07. The Hall–Kier alpha value is -0.790. The zero-order valence-electron chi connectivity index (χ0n) is 11.9. The van der Waals surface area contributed by atoms with Crippen LogP contribution in [0.3, 0.4) is 0 Å². The zero-order valence-corrected chi connectivity index (χ0v) is 12.6. The van der Waals surface area contributed by atoms with E-state index in [-0.39, 0.29) is 0 Å². The molecule has 1 aromatic carbocycles. The normalized spacial score (nSPS) is 24.5. The summed E-state index contributed by atoms with van der Waals surface area (Å²) >= 11 is 6.13. The molecular weight excluding hydrogens is 254 g/mol. The number of fused-ring (bicyclic) bond motifs is 1. The Labute approximate surface area is 121 Å². The van der Waals surface area contributed by atoms with Crippen molar-refractivity contribution in [3.8, 4) is 0 Å². The van der Waals surface area contributed by atoms with Crippen molar-refractivity contribution in [2.75, 3.05) is 13.1 Å². The molecule has 1 aliphatic heterocycles. The fourth-order valence-electron chi connectivity index (χ4n) is 3.37. The molecule has 2 aliphatic rings. The molecule has 2 heteroatoms. The Kier molecular flexibility index (Phi) is 3.68. The Bertz CT molecular complexity index is 518. The van der Waals surface area contributed by atoms with Crippen LogP contribution in [0.2, 0.25) is 5.02 Å². The van der Waals surface area contributed by atoms with Gasteiger partial charge in [0, 0.05) is 24.2 Å². The maximum atomic E-state index is 6.13. The molecule has 1 nitrogen and oxygen atoms in total. The minimum atomic E-state index is 0.703. The van der Waals surface area contributed by atoms with Crippen LogP contribution in [-0.4, -0.2) is 24.0 Å². The predicted octanol–water partition coefficient (Wildman–Crippen LogP) is 4.24. The Morgan fingerprint density at radius 3 is 2.74 bits per heavy atom. The lowest BCUT2D eigenvalue weighted by Crippen LogP contribution is -2.42. The van der Waals surface area contributed by atoms with E-state index in [1.54, 1.807) is 11.1 Å². The van der Waals surface area contributed by atoms with Gasteiger partial charge in [0.2, 0.25) is 0 Å². The molecule has 1 unspecified atom stereocenters. The molecule has 1 heterocycles. The highest BCUT2D eigenvalue weighted by atomic mass is 35.5. The van der Waals surface area contributed by atoms with Gasteiger partial charge in [0.05, 0.1) is 0 Å². The molecule has 0 saturated heterocycles. The van der Waals surface area contributed by atoms with Crippen molar-refractivity contribution in [1.82, 2.24) is 4.90 Å². The molecule has 0 fully saturated rings. The van der Waals surface area contributed by atoms with Gasteiger partial charge in [-0.25, -0.2) is 0 Å². The zero-order chi connectivity index (χ0) is 13.4. The van der Waals surface area contributed by atoms with Crippen LogP contribution in [0.1, 0.15) is 37.8 Å². The number of hydrogen-bond donors (Lipinski definition) is 0. The van der Waals surface area contributed by atoms with Crippen LogP contribution < -0.4 is 0 Å². The predicted molar refractivity (Wildman–Crippen MR) is 81.8 cm³/mol. The minimum Gasteiger partial charge on any atom is -0.296 e. The van der Waals surface area contributed by atoms with Gasteiger partial charge in [-0.05, 0) is 62.8 Å². The largest absolute Gasteiger partial charge is 0.296 e. The van der Waals surface area contributed by atoms with Crippen molar-refractivity contribution in [3.63, 3.8) is 0 Å². The maximum Gasteiger partial charge on any atom is 0.0408 e. The average molecular weight is 276 g/mol. The number of benzene rings is 1. The molecular formula is C17H22ClN. The van der Waals surface area contributed by atoms with E-state index in [2.05, 4.69) is 30.9 Å². The van der Waals surface area contributed by atoms with Gasteiger partial charge in [0.25, 0.3) is 0 Å². The molecule has 0 N–H and O–H groups in total. The fraction of sp³-hybridized carbons (Fsp3) is 0.529. The molecule has 1 aliphatic carbocycles. The van der Waals surface area contributed by atoms with Crippen LogP contribution in [0.5, 0.6) is 0 Å². The van der Waals surface area contributed by atoms with Gasteiger partial charge in [-0.1, -0.05) is 28.8 Å². The van der Waals surface area contributed by atoms with Crippen LogP contribution in [0.15, 0.2) is 29.3 Å². The molecule has 3 rings (SSSR count). The summed E-state index contributed by atoms with van der Waals surface area (Å²) in [6, 6.07) is 7.10. The van der Waals surface area contributed by atoms with E-state index in [1.807, 2.05) is 6.07 Å². The summed E-state index contributed by atoms with van der Waals surface area (Å²) in [4.78, 5) is 2.67. The highest BCUT2D eigenvalue weighted by molar-refractivity contribution is 6.30. The monoisotopic (exact) mass is 275 g/mol. The van der Waals surface area contributed by atoms with E-state index in [4.69, 9.17) is 11.6 Å². The summed E-state index contributed by atoms with van der Waals surface area (Å²) in [5, 5.41) is 0.880. The van der Waals surface area contributed by atoms with E-state index in [0.29, 0.717) is 6.04 Å². The quantitative estimate of drug-likeness (QED) is 0.693. The first-order chi connectivity index (χ1) is 9.13. The van der Waals surface area contributed by atoms with Crippen molar-refractivity contribution in [2.45, 2.75) is 45.6 Å². The number of hydrogen-bond acceptors (Lipinski definition) is 1. The average Bonchev–Trinajstić information content (AvgIpc) is 2.41. The van der Waals surface area contributed by atoms with Gasteiger partial charge in [0.15, 0.2) is 0 Å². The van der Waals surface area contributed by atoms with E-state index in [0.717, 1.165) is 11.6 Å². The van der Waals surface area contributed by atoms with Gasteiger partial charge in [-0.2, -0.15) is 0 Å². The van der Waals surface area contributed by atoms with Gasteiger partial charge >= 0.3 is 0 Å².